The molecule has 0 amide bonds. The first kappa shape index (κ1) is 33.9. The van der Waals surface area contributed by atoms with Gasteiger partial charge in [-0.05, 0) is 146 Å². The summed E-state index contributed by atoms with van der Waals surface area (Å²) in [5.41, 5.74) is 13.1. The molecule has 0 nitrogen and oxygen atoms in total. The van der Waals surface area contributed by atoms with Crippen LogP contribution in [0.3, 0.4) is 0 Å². The molecule has 1 aliphatic rings. The van der Waals surface area contributed by atoms with Crippen LogP contribution in [0.25, 0.3) is 119 Å². The van der Waals surface area contributed by atoms with Crippen molar-refractivity contribution < 1.29 is 0 Å². The molecule has 0 aliphatic heterocycles. The summed E-state index contributed by atoms with van der Waals surface area (Å²) in [6, 6.07) is 73.1. The SMILES string of the molecule is CC1(C)c2cc(-c3ccc4cc(-c5c6ccccc6c(-c6cccc7ccccc67)c6ccccc56)ccc4c3)ccc2-c2c1ccc1cc3sc4ccccc4c3cc21. The Bertz CT molecular complexity index is 3740. The van der Waals surface area contributed by atoms with Crippen molar-refractivity contribution in [2.24, 2.45) is 0 Å². The predicted molar refractivity (Wildman–Crippen MR) is 261 cm³/mol. The van der Waals surface area contributed by atoms with Gasteiger partial charge in [-0.3, -0.25) is 0 Å². The van der Waals surface area contributed by atoms with Crippen molar-refractivity contribution in [1.82, 2.24) is 0 Å². The molecule has 280 valence electrons. The molecule has 0 unspecified atom stereocenters. The first-order valence-electron chi connectivity index (χ1n) is 21.0. The summed E-state index contributed by atoms with van der Waals surface area (Å²) in [7, 11) is 0. The molecule has 1 heteroatoms. The fraction of sp³-hybridized carbons (Fsp3) is 0.0508. The largest absolute Gasteiger partial charge is 0.135 e. The van der Waals surface area contributed by atoms with Gasteiger partial charge in [-0.25, -0.2) is 0 Å². The van der Waals surface area contributed by atoms with Gasteiger partial charge < -0.3 is 0 Å². The van der Waals surface area contributed by atoms with Crippen molar-refractivity contribution in [2.75, 3.05) is 0 Å². The first-order valence-corrected chi connectivity index (χ1v) is 21.8. The minimum Gasteiger partial charge on any atom is -0.135 e. The minimum atomic E-state index is -0.110. The normalized spacial score (nSPS) is 13.3. The van der Waals surface area contributed by atoms with E-state index in [9.17, 15) is 0 Å². The van der Waals surface area contributed by atoms with Crippen LogP contribution < -0.4 is 0 Å². The summed E-state index contributed by atoms with van der Waals surface area (Å²) in [6.07, 6.45) is 0. The van der Waals surface area contributed by atoms with Gasteiger partial charge in [0.25, 0.3) is 0 Å². The maximum Gasteiger partial charge on any atom is 0.0361 e. The Balaban J connectivity index is 0.927. The second-order valence-corrected chi connectivity index (χ2v) is 18.3. The number of hydrogen-bond donors (Lipinski definition) is 0. The highest BCUT2D eigenvalue weighted by molar-refractivity contribution is 7.25. The fourth-order valence-corrected chi connectivity index (χ4v) is 11.8. The summed E-state index contributed by atoms with van der Waals surface area (Å²) in [4.78, 5) is 0. The molecule has 0 radical (unpaired) electrons. The summed E-state index contributed by atoms with van der Waals surface area (Å²) in [6.45, 7) is 4.80. The van der Waals surface area contributed by atoms with Crippen LogP contribution in [-0.2, 0) is 5.41 Å². The number of hydrogen-bond acceptors (Lipinski definition) is 1. The van der Waals surface area contributed by atoms with E-state index in [1.807, 2.05) is 11.3 Å². The minimum absolute atomic E-state index is 0.110. The zero-order valence-corrected chi connectivity index (χ0v) is 34.2. The molecule has 0 fully saturated rings. The molecule has 0 spiro atoms. The average Bonchev–Trinajstić information content (AvgIpc) is 3.77. The molecular formula is C59H38S. The van der Waals surface area contributed by atoms with E-state index < -0.39 is 0 Å². The van der Waals surface area contributed by atoms with Gasteiger partial charge in [0.2, 0.25) is 0 Å². The van der Waals surface area contributed by atoms with Crippen molar-refractivity contribution in [3.8, 4) is 44.5 Å². The lowest BCUT2D eigenvalue weighted by Crippen LogP contribution is -2.15. The van der Waals surface area contributed by atoms with Crippen molar-refractivity contribution >= 4 is 85.4 Å². The van der Waals surface area contributed by atoms with E-state index in [1.54, 1.807) is 0 Å². The van der Waals surface area contributed by atoms with Crippen molar-refractivity contribution in [2.45, 2.75) is 19.3 Å². The Morgan fingerprint density at radius 3 is 1.65 bits per heavy atom. The smallest absolute Gasteiger partial charge is 0.0361 e. The van der Waals surface area contributed by atoms with Crippen LogP contribution in [0.4, 0.5) is 0 Å². The molecule has 1 aromatic heterocycles. The number of thiophene rings is 1. The quantitative estimate of drug-likeness (QED) is 0.157. The van der Waals surface area contributed by atoms with Crippen molar-refractivity contribution in [3.63, 3.8) is 0 Å². The first-order chi connectivity index (χ1) is 29.5. The highest BCUT2D eigenvalue weighted by Crippen LogP contribution is 2.53. The molecule has 13 rings (SSSR count). The Morgan fingerprint density at radius 1 is 0.300 bits per heavy atom. The van der Waals surface area contributed by atoms with Gasteiger partial charge in [-0.2, -0.15) is 0 Å². The van der Waals surface area contributed by atoms with Gasteiger partial charge in [-0.15, -0.1) is 11.3 Å². The van der Waals surface area contributed by atoms with Gasteiger partial charge >= 0.3 is 0 Å². The van der Waals surface area contributed by atoms with E-state index in [4.69, 9.17) is 0 Å². The highest BCUT2D eigenvalue weighted by atomic mass is 32.1. The van der Waals surface area contributed by atoms with Crippen molar-refractivity contribution in [3.05, 3.63) is 205 Å². The third-order valence-corrected chi connectivity index (χ3v) is 14.7. The number of benzene rings is 11. The van der Waals surface area contributed by atoms with E-state index >= 15 is 0 Å². The second-order valence-electron chi connectivity index (χ2n) is 17.2. The zero-order valence-electron chi connectivity index (χ0n) is 33.4. The van der Waals surface area contributed by atoms with Crippen molar-refractivity contribution in [1.29, 1.82) is 0 Å². The Kier molecular flexibility index (Phi) is 7.04. The van der Waals surface area contributed by atoms with E-state index in [0.717, 1.165) is 0 Å². The molecule has 60 heavy (non-hydrogen) atoms. The monoisotopic (exact) mass is 778 g/mol. The molecule has 0 saturated carbocycles. The molecule has 0 atom stereocenters. The lowest BCUT2D eigenvalue weighted by atomic mass is 9.81. The molecule has 12 aromatic rings. The van der Waals surface area contributed by atoms with E-state index in [2.05, 4.69) is 208 Å². The van der Waals surface area contributed by atoms with Crippen LogP contribution in [0.15, 0.2) is 194 Å². The highest BCUT2D eigenvalue weighted by Gasteiger charge is 2.37. The zero-order chi connectivity index (χ0) is 39.7. The number of rotatable bonds is 3. The van der Waals surface area contributed by atoms with Gasteiger partial charge in [-0.1, -0.05) is 172 Å². The average molecular weight is 779 g/mol. The lowest BCUT2D eigenvalue weighted by molar-refractivity contribution is 0.661. The van der Waals surface area contributed by atoms with Gasteiger partial charge in [0.1, 0.15) is 0 Å². The van der Waals surface area contributed by atoms with Crippen LogP contribution in [0.5, 0.6) is 0 Å². The summed E-state index contributed by atoms with van der Waals surface area (Å²) < 4.78 is 2.71. The second kappa shape index (κ2) is 12.5. The molecule has 0 N–H and O–H groups in total. The number of fused-ring (bicyclic) bond motifs is 12. The summed E-state index contributed by atoms with van der Waals surface area (Å²) in [5.74, 6) is 0. The molecule has 1 heterocycles. The van der Waals surface area contributed by atoms with Crippen LogP contribution in [0, 0.1) is 0 Å². The Hall–Kier alpha value is -7.06. The lowest BCUT2D eigenvalue weighted by Gasteiger charge is -2.22. The third kappa shape index (κ3) is 4.79. The molecule has 0 saturated heterocycles. The Labute approximate surface area is 352 Å². The van der Waals surface area contributed by atoms with Crippen LogP contribution in [0.2, 0.25) is 0 Å². The third-order valence-electron chi connectivity index (χ3n) is 13.6. The maximum atomic E-state index is 2.46. The predicted octanol–water partition coefficient (Wildman–Crippen LogP) is 17.1. The fourth-order valence-electron chi connectivity index (χ4n) is 10.7. The van der Waals surface area contributed by atoms with E-state index in [-0.39, 0.29) is 5.41 Å². The topological polar surface area (TPSA) is 0 Å². The van der Waals surface area contributed by atoms with E-state index in [1.165, 1.54) is 130 Å². The van der Waals surface area contributed by atoms with Crippen LogP contribution in [-0.4, -0.2) is 0 Å². The summed E-state index contributed by atoms with van der Waals surface area (Å²) >= 11 is 1.90. The molecule has 0 bridgehead atoms. The Morgan fingerprint density at radius 2 is 0.883 bits per heavy atom. The van der Waals surface area contributed by atoms with Gasteiger partial charge in [0.05, 0.1) is 0 Å². The maximum absolute atomic E-state index is 2.46. The molecule has 1 aliphatic carbocycles. The summed E-state index contributed by atoms with van der Waals surface area (Å²) in [5, 5.41) is 15.5. The van der Waals surface area contributed by atoms with Crippen LogP contribution in [0.1, 0.15) is 25.0 Å². The van der Waals surface area contributed by atoms with E-state index in [0.29, 0.717) is 0 Å². The molecular weight excluding hydrogens is 741 g/mol. The molecule has 11 aromatic carbocycles. The standard InChI is InChI=1S/C59H38S/c1-59(2)52-29-27-40-33-55-51(43-15-9-10-21-54(43)60-55)34-50(40)58(52)49-28-26-39(32-53(49)59)37-22-23-38-31-41(25-24-36(38)30-37)56-45-16-5-7-18-47(45)57(48-19-8-6-17-46(48)56)44-20-11-13-35-12-3-4-14-42(35)44/h3-34H,1-2H3. The van der Waals surface area contributed by atoms with Crippen LogP contribution >= 0.6 is 11.3 Å². The van der Waals surface area contributed by atoms with Gasteiger partial charge in [0, 0.05) is 25.6 Å². The van der Waals surface area contributed by atoms with Gasteiger partial charge in [0.15, 0.2) is 0 Å².